The summed E-state index contributed by atoms with van der Waals surface area (Å²) in [7, 11) is 0. The van der Waals surface area contributed by atoms with Gasteiger partial charge in [0.15, 0.2) is 0 Å². The fourth-order valence-corrected chi connectivity index (χ4v) is 2.59. The van der Waals surface area contributed by atoms with E-state index >= 15 is 0 Å². The zero-order valence-corrected chi connectivity index (χ0v) is 12.3. The molecule has 0 fully saturated rings. The Balaban J connectivity index is 1.69. The summed E-state index contributed by atoms with van der Waals surface area (Å²) in [6.45, 7) is 1.12. The molecule has 1 heterocycles. The van der Waals surface area contributed by atoms with E-state index < -0.39 is 0 Å². The Hall–Kier alpha value is -1.65. The van der Waals surface area contributed by atoms with Crippen molar-refractivity contribution in [3.63, 3.8) is 0 Å². The maximum atomic E-state index is 13.6. The van der Waals surface area contributed by atoms with Crippen LogP contribution in [-0.4, -0.2) is 0 Å². The average molecular weight is 334 g/mol. The summed E-state index contributed by atoms with van der Waals surface area (Å²) in [5.74, 6) is -0.197. The summed E-state index contributed by atoms with van der Waals surface area (Å²) >= 11 is 3.35. The topological polar surface area (TPSA) is 25.2 Å². The molecule has 0 saturated heterocycles. The van der Waals surface area contributed by atoms with Crippen molar-refractivity contribution in [1.82, 2.24) is 5.32 Å². The molecule has 2 aromatic carbocycles. The molecule has 0 aliphatic carbocycles. The van der Waals surface area contributed by atoms with Crippen molar-refractivity contribution < 1.29 is 8.81 Å². The van der Waals surface area contributed by atoms with Gasteiger partial charge in [0.25, 0.3) is 0 Å². The van der Waals surface area contributed by atoms with Crippen LogP contribution in [0.4, 0.5) is 4.39 Å². The molecule has 3 rings (SSSR count). The maximum absolute atomic E-state index is 13.6. The number of halogens is 2. The molecular weight excluding hydrogens is 321 g/mol. The third-order valence-corrected chi connectivity index (χ3v) is 3.69. The first-order valence-electron chi connectivity index (χ1n) is 6.34. The monoisotopic (exact) mass is 333 g/mol. The molecule has 0 aliphatic heterocycles. The molecule has 20 heavy (non-hydrogen) atoms. The van der Waals surface area contributed by atoms with Crippen LogP contribution in [0.5, 0.6) is 0 Å². The van der Waals surface area contributed by atoms with Crippen molar-refractivity contribution in [2.45, 2.75) is 13.1 Å². The highest BCUT2D eigenvalue weighted by Crippen LogP contribution is 2.21. The highest BCUT2D eigenvalue weighted by atomic mass is 79.9. The van der Waals surface area contributed by atoms with Crippen LogP contribution in [0.15, 0.2) is 57.6 Å². The van der Waals surface area contributed by atoms with Gasteiger partial charge in [0.1, 0.15) is 11.4 Å². The van der Waals surface area contributed by atoms with Crippen LogP contribution in [0.2, 0.25) is 0 Å². The highest BCUT2D eigenvalue weighted by Gasteiger charge is 2.06. The van der Waals surface area contributed by atoms with Gasteiger partial charge in [-0.15, -0.1) is 0 Å². The lowest BCUT2D eigenvalue weighted by molar-refractivity contribution is 0.581. The normalized spacial score (nSPS) is 11.1. The van der Waals surface area contributed by atoms with Gasteiger partial charge in [-0.05, 0) is 24.3 Å². The SMILES string of the molecule is Fc1ccc(Br)cc1CNCc1coc2ccccc12. The summed E-state index contributed by atoms with van der Waals surface area (Å²) < 4.78 is 20.0. The van der Waals surface area contributed by atoms with Gasteiger partial charge in [-0.1, -0.05) is 34.1 Å². The Kier molecular flexibility index (Phi) is 3.85. The molecule has 0 saturated carbocycles. The van der Waals surface area contributed by atoms with Crippen LogP contribution in [0.25, 0.3) is 11.0 Å². The van der Waals surface area contributed by atoms with E-state index in [0.29, 0.717) is 18.7 Å². The predicted molar refractivity (Wildman–Crippen MR) is 80.9 cm³/mol. The molecule has 0 spiro atoms. The van der Waals surface area contributed by atoms with Crippen molar-refractivity contribution in [2.24, 2.45) is 0 Å². The summed E-state index contributed by atoms with van der Waals surface area (Å²) in [4.78, 5) is 0. The second-order valence-corrected chi connectivity index (χ2v) is 5.51. The number of hydrogen-bond donors (Lipinski definition) is 1. The van der Waals surface area contributed by atoms with Crippen molar-refractivity contribution in [1.29, 1.82) is 0 Å². The summed E-state index contributed by atoms with van der Waals surface area (Å²) in [6.07, 6.45) is 1.74. The van der Waals surface area contributed by atoms with E-state index in [1.807, 2.05) is 24.3 Å². The molecule has 1 N–H and O–H groups in total. The molecular formula is C16H13BrFNO. The number of para-hydroxylation sites is 1. The van der Waals surface area contributed by atoms with Gasteiger partial charge in [-0.2, -0.15) is 0 Å². The Labute approximate surface area is 124 Å². The van der Waals surface area contributed by atoms with E-state index in [2.05, 4.69) is 21.2 Å². The summed E-state index contributed by atoms with van der Waals surface area (Å²) in [5.41, 5.74) is 2.60. The number of fused-ring (bicyclic) bond motifs is 1. The molecule has 0 bridgehead atoms. The van der Waals surface area contributed by atoms with E-state index in [1.54, 1.807) is 18.4 Å². The zero-order chi connectivity index (χ0) is 13.9. The number of furan rings is 1. The average Bonchev–Trinajstić information content (AvgIpc) is 2.86. The van der Waals surface area contributed by atoms with Gasteiger partial charge in [0, 0.05) is 34.1 Å². The van der Waals surface area contributed by atoms with Crippen LogP contribution in [0, 0.1) is 5.82 Å². The van der Waals surface area contributed by atoms with Gasteiger partial charge >= 0.3 is 0 Å². The van der Waals surface area contributed by atoms with Crippen LogP contribution in [0.1, 0.15) is 11.1 Å². The Morgan fingerprint density at radius 2 is 1.85 bits per heavy atom. The largest absolute Gasteiger partial charge is 0.464 e. The van der Waals surface area contributed by atoms with Gasteiger partial charge in [-0.3, -0.25) is 0 Å². The standard InChI is InChI=1S/C16H13BrFNO/c17-13-5-6-15(18)11(7-13)8-19-9-12-10-20-16-4-2-1-3-14(12)16/h1-7,10,19H,8-9H2. The fraction of sp³-hybridized carbons (Fsp3) is 0.125. The summed E-state index contributed by atoms with van der Waals surface area (Å²) in [6, 6.07) is 12.8. The molecule has 1 aromatic heterocycles. The van der Waals surface area contributed by atoms with E-state index in [1.165, 1.54) is 6.07 Å². The van der Waals surface area contributed by atoms with E-state index in [-0.39, 0.29) is 5.82 Å². The second-order valence-electron chi connectivity index (χ2n) is 4.60. The number of hydrogen-bond acceptors (Lipinski definition) is 2. The molecule has 0 unspecified atom stereocenters. The Morgan fingerprint density at radius 3 is 2.75 bits per heavy atom. The summed E-state index contributed by atoms with van der Waals surface area (Å²) in [5, 5.41) is 4.34. The number of rotatable bonds is 4. The van der Waals surface area contributed by atoms with E-state index in [0.717, 1.165) is 21.0 Å². The highest BCUT2D eigenvalue weighted by molar-refractivity contribution is 9.10. The number of benzene rings is 2. The molecule has 3 aromatic rings. The first-order valence-corrected chi connectivity index (χ1v) is 7.13. The van der Waals surface area contributed by atoms with Gasteiger partial charge in [-0.25, -0.2) is 4.39 Å². The Morgan fingerprint density at radius 1 is 1.05 bits per heavy atom. The lowest BCUT2D eigenvalue weighted by Crippen LogP contribution is -2.13. The van der Waals surface area contributed by atoms with Crippen LogP contribution >= 0.6 is 15.9 Å². The van der Waals surface area contributed by atoms with E-state index in [4.69, 9.17) is 4.42 Å². The molecule has 0 aliphatic rings. The number of nitrogens with one attached hydrogen (secondary N) is 1. The maximum Gasteiger partial charge on any atom is 0.134 e. The smallest absolute Gasteiger partial charge is 0.134 e. The molecule has 0 atom stereocenters. The molecule has 0 radical (unpaired) electrons. The van der Waals surface area contributed by atoms with Crippen molar-refractivity contribution in [3.05, 3.63) is 70.1 Å². The minimum absolute atomic E-state index is 0.197. The van der Waals surface area contributed by atoms with E-state index in [9.17, 15) is 4.39 Å². The van der Waals surface area contributed by atoms with Crippen molar-refractivity contribution in [2.75, 3.05) is 0 Å². The molecule has 0 amide bonds. The van der Waals surface area contributed by atoms with Crippen molar-refractivity contribution in [3.8, 4) is 0 Å². The van der Waals surface area contributed by atoms with Crippen molar-refractivity contribution >= 4 is 26.9 Å². The third kappa shape index (κ3) is 2.76. The predicted octanol–water partition coefficient (Wildman–Crippen LogP) is 4.62. The minimum Gasteiger partial charge on any atom is -0.464 e. The molecule has 2 nitrogen and oxygen atoms in total. The molecule has 4 heteroatoms. The minimum atomic E-state index is -0.197. The zero-order valence-electron chi connectivity index (χ0n) is 10.7. The van der Waals surface area contributed by atoms with Crippen LogP contribution < -0.4 is 5.32 Å². The first kappa shape index (κ1) is 13.3. The van der Waals surface area contributed by atoms with Gasteiger partial charge in [0.05, 0.1) is 6.26 Å². The quantitative estimate of drug-likeness (QED) is 0.753. The first-order chi connectivity index (χ1) is 9.74. The van der Waals surface area contributed by atoms with Gasteiger partial charge < -0.3 is 9.73 Å². The third-order valence-electron chi connectivity index (χ3n) is 3.20. The van der Waals surface area contributed by atoms with Crippen LogP contribution in [-0.2, 0) is 13.1 Å². The second kappa shape index (κ2) is 5.77. The van der Waals surface area contributed by atoms with Gasteiger partial charge in [0.2, 0.25) is 0 Å². The lowest BCUT2D eigenvalue weighted by Gasteiger charge is -2.06. The molecule has 102 valence electrons. The fourth-order valence-electron chi connectivity index (χ4n) is 2.18. The van der Waals surface area contributed by atoms with Crippen LogP contribution in [0.3, 0.4) is 0 Å². The lowest BCUT2D eigenvalue weighted by atomic mass is 10.1. The Bertz CT molecular complexity index is 738.